The van der Waals surface area contributed by atoms with Crippen LogP contribution >= 0.6 is 0 Å². The van der Waals surface area contributed by atoms with Gasteiger partial charge in [-0.1, -0.05) is 243 Å². The summed E-state index contributed by atoms with van der Waals surface area (Å²) in [4.78, 5) is 147. The highest BCUT2D eigenvalue weighted by molar-refractivity contribution is 5.95. The molecule has 114 heavy (non-hydrogen) atoms. The second kappa shape index (κ2) is 40.3. The summed E-state index contributed by atoms with van der Waals surface area (Å²) in [6.45, 7) is 8.61. The third kappa shape index (κ3) is 21.5. The molecule has 0 bridgehead atoms. The number of benzene rings is 9. The summed E-state index contributed by atoms with van der Waals surface area (Å²) in [5.74, 6) is -18.9. The number of nitrogens with one attached hydrogen (secondary N) is 1. The average Bonchev–Trinajstić information content (AvgIpc) is 0.775. The van der Waals surface area contributed by atoms with E-state index in [4.69, 9.17) is 5.73 Å². The molecule has 0 saturated carbocycles. The van der Waals surface area contributed by atoms with Gasteiger partial charge < -0.3 is 50.2 Å². The van der Waals surface area contributed by atoms with E-state index in [1.165, 1.54) is 29.4 Å². The van der Waals surface area contributed by atoms with Crippen molar-refractivity contribution < 1.29 is 65.1 Å². The van der Waals surface area contributed by atoms with Crippen molar-refractivity contribution in [1.29, 1.82) is 0 Å². The van der Waals surface area contributed by atoms with E-state index in [1.807, 2.05) is 105 Å². The number of nitrogens with two attached hydrogens (primary N) is 1. The number of carbonyl (C=O) groups excluding carboxylic acids is 9. The van der Waals surface area contributed by atoms with Crippen molar-refractivity contribution in [1.82, 2.24) is 44.5 Å². The number of primary amides is 1. The Labute approximate surface area is 662 Å². The molecular weight excluding hydrogens is 1460 g/mol. The molecule has 19 nitrogen and oxygen atoms in total. The summed E-state index contributed by atoms with van der Waals surface area (Å²) in [7, 11) is 0. The lowest BCUT2D eigenvalue weighted by atomic mass is 10.0. The van der Waals surface area contributed by atoms with Crippen LogP contribution in [0, 0.1) is 29.1 Å². The standard InChI is InChI=1S/C90H97F5N10O9/c1-59(68-34-18-10-19-35-68)97-50-77(107)99(60(2)69-36-20-11-21-37-69)52-79(109)101(62(4)71-40-24-13-25-41-71)54-81(111)103(64(6)73-44-28-15-29-45-73)56-83(113)105(66(8)75-48-32-17-33-49-75)58-84(114)104(65(7)74-46-30-16-31-47-74)57-82(112)102(63(5)72-42-26-14-27-43-72)55-80(110)100(61(3)70-38-22-12-23-39-70)53-78(108)98(51-76(96)106)67(9)85-86(91)88(93)90(95)89(94)87(85)92/h10-49,59-67,97H,50-58H2,1-9H3,(H2,96,106)/t59-,60-,61-,62-,63-,64-,65-,66-,67-/m0/s1. The lowest BCUT2D eigenvalue weighted by molar-refractivity contribution is -0.152. The van der Waals surface area contributed by atoms with Crippen LogP contribution in [0.15, 0.2) is 243 Å². The minimum Gasteiger partial charge on any atom is -0.368 e. The van der Waals surface area contributed by atoms with Crippen molar-refractivity contribution in [3.8, 4) is 0 Å². The van der Waals surface area contributed by atoms with E-state index < -0.39 is 183 Å². The third-order valence-corrected chi connectivity index (χ3v) is 21.3. The van der Waals surface area contributed by atoms with Gasteiger partial charge >= 0.3 is 0 Å². The minimum atomic E-state index is -2.46. The predicted octanol–water partition coefficient (Wildman–Crippen LogP) is 14.2. The molecule has 0 aliphatic heterocycles. The monoisotopic (exact) mass is 1560 g/mol. The summed E-state index contributed by atoms with van der Waals surface area (Å²) >= 11 is 0. The molecule has 0 aromatic heterocycles. The first-order valence-electron chi connectivity index (χ1n) is 37.9. The minimum absolute atomic E-state index is 0.134. The van der Waals surface area contributed by atoms with E-state index in [0.717, 1.165) is 23.0 Å². The number of hydrogen-bond donors (Lipinski definition) is 2. The van der Waals surface area contributed by atoms with Gasteiger partial charge in [-0.05, 0) is 107 Å². The Kier molecular flexibility index (Phi) is 30.4. The zero-order chi connectivity index (χ0) is 82.4. The number of carbonyl (C=O) groups is 9. The van der Waals surface area contributed by atoms with Gasteiger partial charge in [0.1, 0.15) is 45.8 Å². The van der Waals surface area contributed by atoms with Gasteiger partial charge in [0.25, 0.3) is 0 Å². The lowest BCUT2D eigenvalue weighted by Crippen LogP contribution is -2.53. The molecule has 0 aliphatic rings. The summed E-state index contributed by atoms with van der Waals surface area (Å²) in [5, 5.41) is 3.33. The smallest absolute Gasteiger partial charge is 0.243 e. The van der Waals surface area contributed by atoms with Crippen molar-refractivity contribution in [3.05, 3.63) is 322 Å². The summed E-state index contributed by atoms with van der Waals surface area (Å²) in [5.41, 5.74) is 9.24. The Morgan fingerprint density at radius 2 is 0.412 bits per heavy atom. The average molecular weight is 1560 g/mol. The van der Waals surface area contributed by atoms with Gasteiger partial charge in [-0.25, -0.2) is 22.0 Å². The Morgan fingerprint density at radius 1 is 0.246 bits per heavy atom. The zero-order valence-electron chi connectivity index (χ0n) is 65.4. The van der Waals surface area contributed by atoms with E-state index in [1.54, 1.807) is 193 Å². The summed E-state index contributed by atoms with van der Waals surface area (Å²) in [6, 6.07) is 63.0. The van der Waals surface area contributed by atoms with Crippen LogP contribution in [0.5, 0.6) is 0 Å². The number of halogens is 5. The largest absolute Gasteiger partial charge is 0.368 e. The molecule has 0 radical (unpaired) electrons. The van der Waals surface area contributed by atoms with Crippen LogP contribution in [0.25, 0.3) is 0 Å². The third-order valence-electron chi connectivity index (χ3n) is 21.3. The number of rotatable bonds is 36. The number of nitrogens with zero attached hydrogens (tertiary/aromatic N) is 8. The molecule has 0 heterocycles. The lowest BCUT2D eigenvalue weighted by Gasteiger charge is -2.39. The van der Waals surface area contributed by atoms with Crippen molar-refractivity contribution in [2.24, 2.45) is 5.73 Å². The first-order valence-corrected chi connectivity index (χ1v) is 37.9. The second-order valence-corrected chi connectivity index (χ2v) is 28.4. The van der Waals surface area contributed by atoms with Crippen LogP contribution in [0.3, 0.4) is 0 Å². The molecule has 9 aromatic carbocycles. The molecule has 9 amide bonds. The quantitative estimate of drug-likeness (QED) is 0.0215. The van der Waals surface area contributed by atoms with Crippen molar-refractivity contribution in [2.75, 3.05) is 58.9 Å². The number of amides is 9. The van der Waals surface area contributed by atoms with Crippen LogP contribution in [0.4, 0.5) is 22.0 Å². The van der Waals surface area contributed by atoms with Gasteiger partial charge in [0.05, 0.1) is 67.0 Å². The van der Waals surface area contributed by atoms with E-state index in [2.05, 4.69) is 5.32 Å². The van der Waals surface area contributed by atoms with Gasteiger partial charge in [0, 0.05) is 6.04 Å². The van der Waals surface area contributed by atoms with Crippen LogP contribution in [-0.4, -0.2) is 151 Å². The van der Waals surface area contributed by atoms with Gasteiger partial charge in [-0.3, -0.25) is 43.2 Å². The molecule has 0 unspecified atom stereocenters. The maximum atomic E-state index is 16.1. The Bertz CT molecular complexity index is 4720. The normalized spacial score (nSPS) is 13.6. The fourth-order valence-electron chi connectivity index (χ4n) is 14.1. The van der Waals surface area contributed by atoms with Crippen molar-refractivity contribution in [3.63, 3.8) is 0 Å². The van der Waals surface area contributed by atoms with E-state index in [9.17, 15) is 27.6 Å². The molecule has 0 aliphatic carbocycles. The van der Waals surface area contributed by atoms with Gasteiger partial charge in [-0.15, -0.1) is 0 Å². The Balaban J connectivity index is 1.07. The highest BCUT2D eigenvalue weighted by Crippen LogP contribution is 2.35. The molecule has 596 valence electrons. The molecule has 9 rings (SSSR count). The Hall–Kier alpha value is -12.2. The van der Waals surface area contributed by atoms with Gasteiger partial charge in [0.15, 0.2) is 23.3 Å². The van der Waals surface area contributed by atoms with E-state index in [-0.39, 0.29) is 18.5 Å². The topological polar surface area (TPSA) is 218 Å². The maximum Gasteiger partial charge on any atom is 0.243 e. The number of hydrogen-bond acceptors (Lipinski definition) is 10. The molecule has 9 aromatic rings. The molecule has 0 saturated heterocycles. The molecule has 9 atom stereocenters. The van der Waals surface area contributed by atoms with Gasteiger partial charge in [0.2, 0.25) is 59.0 Å². The molecule has 0 fully saturated rings. The van der Waals surface area contributed by atoms with Crippen LogP contribution < -0.4 is 11.1 Å². The summed E-state index contributed by atoms with van der Waals surface area (Å²) < 4.78 is 75.1. The molecule has 3 N–H and O–H groups in total. The Morgan fingerprint density at radius 3 is 0.605 bits per heavy atom. The molecular formula is C90H97F5N10O9. The zero-order valence-corrected chi connectivity index (χ0v) is 65.4. The molecule has 24 heteroatoms. The maximum absolute atomic E-state index is 16.1. The summed E-state index contributed by atoms with van der Waals surface area (Å²) in [6.07, 6.45) is 0. The fourth-order valence-corrected chi connectivity index (χ4v) is 14.1. The van der Waals surface area contributed by atoms with Crippen LogP contribution in [0.1, 0.15) is 167 Å². The van der Waals surface area contributed by atoms with Crippen LogP contribution in [0.2, 0.25) is 0 Å². The second-order valence-electron chi connectivity index (χ2n) is 28.4. The molecule has 0 spiro atoms. The highest BCUT2D eigenvalue weighted by atomic mass is 19.2. The fraction of sp³-hybridized carbons (Fsp3) is 0.300. The van der Waals surface area contributed by atoms with Gasteiger partial charge in [-0.2, -0.15) is 0 Å². The van der Waals surface area contributed by atoms with Crippen LogP contribution in [-0.2, 0) is 43.2 Å². The van der Waals surface area contributed by atoms with Crippen molar-refractivity contribution >= 4 is 53.2 Å². The van der Waals surface area contributed by atoms with E-state index in [0.29, 0.717) is 38.3 Å². The van der Waals surface area contributed by atoms with E-state index >= 15 is 37.5 Å². The first-order chi connectivity index (χ1) is 54.6. The van der Waals surface area contributed by atoms with Crippen molar-refractivity contribution in [2.45, 2.75) is 117 Å². The first kappa shape index (κ1) is 85.8. The SMILES string of the molecule is C[C@H](NCC(=O)N(CC(=O)N(CC(=O)N(CC(=O)N(CC(=O)N(CC(=O)N(CC(=O)N(CC(=O)N(CC(N)=O)[C@@H](C)c1c(F)c(F)c(F)c(F)c1F)[C@@H](C)c1ccccc1)[C@@H](C)c1ccccc1)[C@@H](C)c1ccccc1)[C@@H](C)c1ccccc1)[C@@H](C)c1ccccc1)[C@@H](C)c1ccccc1)[C@@H](C)c1ccccc1)c1ccccc1. The highest BCUT2D eigenvalue weighted by Gasteiger charge is 2.40. The predicted molar refractivity (Wildman–Crippen MR) is 424 cm³/mol.